The number of ether oxygens (including phenoxy) is 3. The Bertz CT molecular complexity index is 1170. The number of esters is 1. The van der Waals surface area contributed by atoms with Crippen LogP contribution in [-0.2, 0) is 16.1 Å². The number of hydrogen-bond acceptors (Lipinski definition) is 5. The Kier molecular flexibility index (Phi) is 10.4. The summed E-state index contributed by atoms with van der Waals surface area (Å²) in [5, 5.41) is 3.45. The van der Waals surface area contributed by atoms with Gasteiger partial charge in [-0.3, -0.25) is 4.79 Å². The number of methoxy groups -OCH3 is 1. The number of halogens is 1. The van der Waals surface area contributed by atoms with Gasteiger partial charge in [-0.1, -0.05) is 49.6 Å². The second-order valence-electron chi connectivity index (χ2n) is 8.07. The summed E-state index contributed by atoms with van der Waals surface area (Å²) < 4.78 is 16.6. The van der Waals surface area contributed by atoms with E-state index in [1.807, 2.05) is 30.3 Å². The molecule has 0 saturated heterocycles. The second-order valence-corrected chi connectivity index (χ2v) is 8.50. The quantitative estimate of drug-likeness (QED) is 0.163. The highest BCUT2D eigenvalue weighted by molar-refractivity contribution is 6.30. The fourth-order valence-electron chi connectivity index (χ4n) is 3.29. The average Bonchev–Trinajstić information content (AvgIpc) is 2.90. The van der Waals surface area contributed by atoms with Crippen LogP contribution in [0.2, 0.25) is 5.02 Å². The van der Waals surface area contributed by atoms with Crippen LogP contribution in [0.15, 0.2) is 72.8 Å². The Morgan fingerprint density at radius 3 is 2.39 bits per heavy atom. The number of anilines is 1. The van der Waals surface area contributed by atoms with E-state index in [-0.39, 0.29) is 11.9 Å². The molecule has 36 heavy (non-hydrogen) atoms. The van der Waals surface area contributed by atoms with Gasteiger partial charge < -0.3 is 19.5 Å². The molecule has 1 N–H and O–H groups in total. The Morgan fingerprint density at radius 1 is 0.944 bits per heavy atom. The van der Waals surface area contributed by atoms with Crippen molar-refractivity contribution in [2.24, 2.45) is 0 Å². The SMILES string of the molecule is CCCCCOC(=O)c1ccc(NC(=O)/C=C/c2ccc(OCc3ccc(Cl)cc3)c(OC)c2)cc1. The molecule has 3 rings (SSSR count). The van der Waals surface area contributed by atoms with Crippen LogP contribution < -0.4 is 14.8 Å². The van der Waals surface area contributed by atoms with Crippen LogP contribution in [0.3, 0.4) is 0 Å². The summed E-state index contributed by atoms with van der Waals surface area (Å²) in [5.41, 5.74) is 2.79. The molecule has 3 aromatic rings. The monoisotopic (exact) mass is 507 g/mol. The maximum atomic E-state index is 12.4. The lowest BCUT2D eigenvalue weighted by molar-refractivity contribution is -0.111. The summed E-state index contributed by atoms with van der Waals surface area (Å²) in [6, 6.07) is 19.5. The highest BCUT2D eigenvalue weighted by Crippen LogP contribution is 2.29. The van der Waals surface area contributed by atoms with E-state index in [0.29, 0.717) is 41.0 Å². The van der Waals surface area contributed by atoms with Crippen LogP contribution >= 0.6 is 11.6 Å². The van der Waals surface area contributed by atoms with Crippen molar-refractivity contribution >= 4 is 35.2 Å². The van der Waals surface area contributed by atoms with Crippen molar-refractivity contribution in [3.63, 3.8) is 0 Å². The number of carbonyl (C=O) groups is 2. The Balaban J connectivity index is 1.53. The highest BCUT2D eigenvalue weighted by Gasteiger charge is 2.08. The van der Waals surface area contributed by atoms with E-state index in [1.54, 1.807) is 49.6 Å². The molecule has 0 saturated carbocycles. The lowest BCUT2D eigenvalue weighted by Gasteiger charge is -2.11. The van der Waals surface area contributed by atoms with Crippen LogP contribution in [0.25, 0.3) is 6.08 Å². The van der Waals surface area contributed by atoms with Gasteiger partial charge in [-0.05, 0) is 72.2 Å². The van der Waals surface area contributed by atoms with Gasteiger partial charge in [0.1, 0.15) is 6.61 Å². The van der Waals surface area contributed by atoms with Crippen LogP contribution in [0.5, 0.6) is 11.5 Å². The topological polar surface area (TPSA) is 73.9 Å². The average molecular weight is 508 g/mol. The summed E-state index contributed by atoms with van der Waals surface area (Å²) in [7, 11) is 1.56. The van der Waals surface area contributed by atoms with E-state index in [1.165, 1.54) is 6.08 Å². The number of unbranched alkanes of at least 4 members (excludes halogenated alkanes) is 2. The maximum Gasteiger partial charge on any atom is 0.338 e. The third-order valence-electron chi connectivity index (χ3n) is 5.29. The number of hydrogen-bond donors (Lipinski definition) is 1. The molecular formula is C29H30ClNO5. The number of benzene rings is 3. The number of rotatable bonds is 12. The molecule has 1 amide bonds. The van der Waals surface area contributed by atoms with Crippen molar-refractivity contribution in [3.05, 3.63) is 94.5 Å². The van der Waals surface area contributed by atoms with Gasteiger partial charge in [0.05, 0.1) is 19.3 Å². The molecule has 0 radical (unpaired) electrons. The molecule has 0 aliphatic rings. The molecule has 0 aliphatic heterocycles. The van der Waals surface area contributed by atoms with Crippen LogP contribution in [-0.4, -0.2) is 25.6 Å². The van der Waals surface area contributed by atoms with E-state index in [2.05, 4.69) is 12.2 Å². The molecule has 0 aliphatic carbocycles. The van der Waals surface area contributed by atoms with Crippen molar-refractivity contribution in [2.75, 3.05) is 19.0 Å². The third-order valence-corrected chi connectivity index (χ3v) is 5.54. The van der Waals surface area contributed by atoms with Crippen molar-refractivity contribution in [3.8, 4) is 11.5 Å². The van der Waals surface area contributed by atoms with E-state index in [4.69, 9.17) is 25.8 Å². The van der Waals surface area contributed by atoms with E-state index < -0.39 is 0 Å². The Morgan fingerprint density at radius 2 is 1.69 bits per heavy atom. The van der Waals surface area contributed by atoms with E-state index in [9.17, 15) is 9.59 Å². The summed E-state index contributed by atoms with van der Waals surface area (Å²) in [4.78, 5) is 24.4. The zero-order valence-electron chi connectivity index (χ0n) is 20.5. The number of amides is 1. The van der Waals surface area contributed by atoms with Gasteiger partial charge in [-0.15, -0.1) is 0 Å². The van der Waals surface area contributed by atoms with Gasteiger partial charge in [0.15, 0.2) is 11.5 Å². The van der Waals surface area contributed by atoms with E-state index in [0.717, 1.165) is 30.4 Å². The Hall–Kier alpha value is -3.77. The molecule has 188 valence electrons. The summed E-state index contributed by atoms with van der Waals surface area (Å²) in [5.74, 6) is 0.493. The summed E-state index contributed by atoms with van der Waals surface area (Å²) >= 11 is 5.92. The van der Waals surface area contributed by atoms with Crippen molar-refractivity contribution in [2.45, 2.75) is 32.8 Å². The molecule has 0 heterocycles. The smallest absolute Gasteiger partial charge is 0.338 e. The zero-order chi connectivity index (χ0) is 25.8. The first-order valence-corrected chi connectivity index (χ1v) is 12.2. The van der Waals surface area contributed by atoms with Gasteiger partial charge in [0.2, 0.25) is 5.91 Å². The normalized spacial score (nSPS) is 10.8. The van der Waals surface area contributed by atoms with Crippen LogP contribution in [0, 0.1) is 0 Å². The maximum absolute atomic E-state index is 12.4. The minimum Gasteiger partial charge on any atom is -0.493 e. The summed E-state index contributed by atoms with van der Waals surface area (Å²) in [6.45, 7) is 2.88. The van der Waals surface area contributed by atoms with Gasteiger partial charge in [-0.2, -0.15) is 0 Å². The number of carbonyl (C=O) groups excluding carboxylic acids is 2. The highest BCUT2D eigenvalue weighted by atomic mass is 35.5. The van der Waals surface area contributed by atoms with Crippen LogP contribution in [0.1, 0.15) is 47.7 Å². The minimum absolute atomic E-state index is 0.299. The molecule has 0 unspecified atom stereocenters. The van der Waals surface area contributed by atoms with Crippen molar-refractivity contribution in [1.82, 2.24) is 0 Å². The lowest BCUT2D eigenvalue weighted by Crippen LogP contribution is -2.09. The van der Waals surface area contributed by atoms with Crippen molar-refractivity contribution < 1.29 is 23.8 Å². The van der Waals surface area contributed by atoms with Crippen LogP contribution in [0.4, 0.5) is 5.69 Å². The Labute approximate surface area is 216 Å². The third kappa shape index (κ3) is 8.47. The molecule has 0 atom stereocenters. The predicted molar refractivity (Wildman–Crippen MR) is 143 cm³/mol. The van der Waals surface area contributed by atoms with Gasteiger partial charge >= 0.3 is 5.97 Å². The van der Waals surface area contributed by atoms with Gasteiger partial charge in [0.25, 0.3) is 0 Å². The van der Waals surface area contributed by atoms with Crippen molar-refractivity contribution in [1.29, 1.82) is 0 Å². The first-order chi connectivity index (χ1) is 17.5. The largest absolute Gasteiger partial charge is 0.493 e. The number of nitrogens with one attached hydrogen (secondary N) is 1. The predicted octanol–water partition coefficient (Wildman–Crippen LogP) is 6.93. The summed E-state index contributed by atoms with van der Waals surface area (Å²) in [6.07, 6.45) is 6.06. The molecule has 7 heteroatoms. The molecule has 3 aromatic carbocycles. The molecule has 0 fully saturated rings. The molecule has 0 aromatic heterocycles. The standard InChI is InChI=1S/C29H30ClNO5/c1-3-4-5-18-35-29(33)23-10-14-25(15-11-23)31-28(32)17-9-21-8-16-26(27(19-21)34-2)36-20-22-6-12-24(30)13-7-22/h6-17,19H,3-5,18,20H2,1-2H3,(H,31,32)/b17-9+. The molecule has 0 spiro atoms. The lowest BCUT2D eigenvalue weighted by atomic mass is 10.1. The molecular weight excluding hydrogens is 478 g/mol. The first kappa shape index (κ1) is 26.8. The first-order valence-electron chi connectivity index (χ1n) is 11.8. The zero-order valence-corrected chi connectivity index (χ0v) is 21.2. The minimum atomic E-state index is -0.363. The fourth-order valence-corrected chi connectivity index (χ4v) is 3.42. The molecule has 0 bridgehead atoms. The van der Waals surface area contributed by atoms with Gasteiger partial charge in [0, 0.05) is 16.8 Å². The molecule has 6 nitrogen and oxygen atoms in total. The van der Waals surface area contributed by atoms with E-state index >= 15 is 0 Å². The van der Waals surface area contributed by atoms with Gasteiger partial charge in [-0.25, -0.2) is 4.79 Å². The second kappa shape index (κ2) is 14.0. The fraction of sp³-hybridized carbons (Fsp3) is 0.241.